The number of aromatic nitrogens is 1. The first-order chi connectivity index (χ1) is 16.8. The Balaban J connectivity index is 1.47. The lowest BCUT2D eigenvalue weighted by atomic mass is 9.94. The molecule has 1 aromatic carbocycles. The molecule has 0 atom stereocenters. The van der Waals surface area contributed by atoms with Gasteiger partial charge in [0.1, 0.15) is 5.56 Å². The molecule has 2 aliphatic rings. The van der Waals surface area contributed by atoms with E-state index in [2.05, 4.69) is 17.3 Å². The Kier molecular flexibility index (Phi) is 8.26. The molecule has 9 nitrogen and oxygen atoms in total. The summed E-state index contributed by atoms with van der Waals surface area (Å²) in [6, 6.07) is 5.13. The number of nitrogens with one attached hydrogen (secondary N) is 1. The van der Waals surface area contributed by atoms with Gasteiger partial charge in [-0.15, -0.1) is 0 Å². The summed E-state index contributed by atoms with van der Waals surface area (Å²) in [5.41, 5.74) is 0.122. The summed E-state index contributed by atoms with van der Waals surface area (Å²) in [7, 11) is 0.131. The van der Waals surface area contributed by atoms with Crippen LogP contribution in [-0.4, -0.2) is 80.6 Å². The summed E-state index contributed by atoms with van der Waals surface area (Å²) in [4.78, 5) is 28.5. The van der Waals surface area contributed by atoms with Crippen LogP contribution in [0.1, 0.15) is 48.9 Å². The van der Waals surface area contributed by atoms with E-state index in [1.807, 2.05) is 0 Å². The molecule has 10 heteroatoms. The summed E-state index contributed by atoms with van der Waals surface area (Å²) in [5.74, 6) is -0.436. The SMILES string of the molecule is CN(CCCNC(=O)c1cn(C)c2ccc(S(=O)(=O)N3CCOCC3)cc2c1=O)C1CCCCC1. The third-order valence-corrected chi connectivity index (χ3v) is 9.08. The highest BCUT2D eigenvalue weighted by atomic mass is 32.2. The quantitative estimate of drug-likeness (QED) is 0.552. The van der Waals surface area contributed by atoms with Gasteiger partial charge in [-0.25, -0.2) is 8.42 Å². The molecule has 2 fully saturated rings. The first-order valence-corrected chi connectivity index (χ1v) is 13.9. The molecule has 1 N–H and O–H groups in total. The van der Waals surface area contributed by atoms with Gasteiger partial charge in [0.25, 0.3) is 5.91 Å². The first-order valence-electron chi connectivity index (χ1n) is 12.5. The predicted octanol–water partition coefficient (Wildman–Crippen LogP) is 1.94. The topological polar surface area (TPSA) is 101 Å². The number of rotatable bonds is 8. The number of benzene rings is 1. The summed E-state index contributed by atoms with van der Waals surface area (Å²) in [6.45, 7) is 2.60. The molecule has 0 bridgehead atoms. The van der Waals surface area contributed by atoms with Gasteiger partial charge in [-0.05, 0) is 51.1 Å². The minimum Gasteiger partial charge on any atom is -0.379 e. The maximum atomic E-state index is 13.2. The maximum absolute atomic E-state index is 13.2. The van der Waals surface area contributed by atoms with E-state index in [4.69, 9.17) is 4.74 Å². The third kappa shape index (κ3) is 5.77. The second-order valence-electron chi connectivity index (χ2n) is 9.56. The molecular formula is C25H36N4O5S. The van der Waals surface area contributed by atoms with Gasteiger partial charge in [-0.3, -0.25) is 9.59 Å². The van der Waals surface area contributed by atoms with Gasteiger partial charge in [0.2, 0.25) is 15.5 Å². The molecule has 0 spiro atoms. The first kappa shape index (κ1) is 25.8. The lowest BCUT2D eigenvalue weighted by molar-refractivity contribution is 0.0730. The molecular weight excluding hydrogens is 468 g/mol. The number of hydrogen-bond acceptors (Lipinski definition) is 6. The lowest BCUT2D eigenvalue weighted by Gasteiger charge is -2.31. The molecule has 2 aromatic rings. The number of amides is 1. The minimum atomic E-state index is -3.75. The number of aryl methyl sites for hydroxylation is 1. The second-order valence-corrected chi connectivity index (χ2v) is 11.5. The van der Waals surface area contributed by atoms with Crippen molar-refractivity contribution in [3.8, 4) is 0 Å². The number of morpholine rings is 1. The van der Waals surface area contributed by atoms with Crippen molar-refractivity contribution in [3.05, 3.63) is 40.2 Å². The van der Waals surface area contributed by atoms with Crippen LogP contribution < -0.4 is 10.7 Å². The molecule has 1 aliphatic carbocycles. The fraction of sp³-hybridized carbons (Fsp3) is 0.600. The van der Waals surface area contributed by atoms with Crippen molar-refractivity contribution in [3.63, 3.8) is 0 Å². The van der Waals surface area contributed by atoms with Crippen LogP contribution >= 0.6 is 0 Å². The third-order valence-electron chi connectivity index (χ3n) is 7.18. The lowest BCUT2D eigenvalue weighted by Crippen LogP contribution is -2.40. The monoisotopic (exact) mass is 504 g/mol. The van der Waals surface area contributed by atoms with Gasteiger partial charge in [-0.2, -0.15) is 4.31 Å². The van der Waals surface area contributed by atoms with Crippen LogP contribution in [0.2, 0.25) is 0 Å². The van der Waals surface area contributed by atoms with Crippen LogP contribution in [0.15, 0.2) is 34.1 Å². The fourth-order valence-electron chi connectivity index (χ4n) is 5.06. The number of hydrogen-bond donors (Lipinski definition) is 1. The van der Waals surface area contributed by atoms with Crippen LogP contribution in [0.25, 0.3) is 10.9 Å². The van der Waals surface area contributed by atoms with E-state index in [1.165, 1.54) is 54.7 Å². The van der Waals surface area contributed by atoms with Crippen molar-refractivity contribution in [2.75, 3.05) is 46.4 Å². The highest BCUT2D eigenvalue weighted by molar-refractivity contribution is 7.89. The molecule has 1 aromatic heterocycles. The molecule has 1 amide bonds. The smallest absolute Gasteiger partial charge is 0.256 e. The number of carbonyl (C=O) groups excluding carboxylic acids is 1. The van der Waals surface area contributed by atoms with Crippen molar-refractivity contribution in [1.29, 1.82) is 0 Å². The molecule has 4 rings (SSSR count). The normalized spacial score (nSPS) is 18.3. The van der Waals surface area contributed by atoms with E-state index in [9.17, 15) is 18.0 Å². The Hall–Kier alpha value is -2.27. The molecule has 2 heterocycles. The molecule has 0 unspecified atom stereocenters. The Labute approximate surface area is 207 Å². The Morgan fingerprint density at radius 3 is 2.60 bits per heavy atom. The Morgan fingerprint density at radius 2 is 1.89 bits per heavy atom. The van der Waals surface area contributed by atoms with Crippen molar-refractivity contribution in [2.45, 2.75) is 49.5 Å². The Bertz CT molecular complexity index is 1210. The number of pyridine rings is 1. The van der Waals surface area contributed by atoms with Gasteiger partial charge in [0.15, 0.2) is 0 Å². The summed E-state index contributed by atoms with van der Waals surface area (Å²) in [6.07, 6.45) is 8.68. The number of carbonyl (C=O) groups is 1. The van der Waals surface area contributed by atoms with Crippen molar-refractivity contribution in [2.24, 2.45) is 7.05 Å². The summed E-state index contributed by atoms with van der Waals surface area (Å²) in [5, 5.41) is 3.08. The van der Waals surface area contributed by atoms with E-state index in [0.717, 1.165) is 13.0 Å². The van der Waals surface area contributed by atoms with Crippen molar-refractivity contribution < 1.29 is 17.9 Å². The van der Waals surface area contributed by atoms with Crippen LogP contribution in [-0.2, 0) is 21.8 Å². The van der Waals surface area contributed by atoms with E-state index < -0.39 is 21.4 Å². The molecule has 0 radical (unpaired) electrons. The zero-order valence-electron chi connectivity index (χ0n) is 20.7. The predicted molar refractivity (Wildman–Crippen MR) is 135 cm³/mol. The average molecular weight is 505 g/mol. The molecule has 1 saturated heterocycles. The Morgan fingerprint density at radius 1 is 1.17 bits per heavy atom. The van der Waals surface area contributed by atoms with Gasteiger partial charge in [0.05, 0.1) is 23.6 Å². The zero-order valence-corrected chi connectivity index (χ0v) is 21.5. The molecule has 35 heavy (non-hydrogen) atoms. The van der Waals surface area contributed by atoms with Crippen LogP contribution in [0.5, 0.6) is 0 Å². The highest BCUT2D eigenvalue weighted by Crippen LogP contribution is 2.22. The highest BCUT2D eigenvalue weighted by Gasteiger charge is 2.27. The molecule has 192 valence electrons. The maximum Gasteiger partial charge on any atom is 0.256 e. The van der Waals surface area contributed by atoms with Gasteiger partial charge in [0, 0.05) is 44.3 Å². The van der Waals surface area contributed by atoms with Gasteiger partial charge >= 0.3 is 0 Å². The summed E-state index contributed by atoms with van der Waals surface area (Å²) >= 11 is 0. The zero-order chi connectivity index (χ0) is 25.0. The van der Waals surface area contributed by atoms with Crippen LogP contribution in [0, 0.1) is 0 Å². The van der Waals surface area contributed by atoms with E-state index in [1.54, 1.807) is 17.7 Å². The van der Waals surface area contributed by atoms with Gasteiger partial charge in [-0.1, -0.05) is 19.3 Å². The largest absolute Gasteiger partial charge is 0.379 e. The number of sulfonamides is 1. The van der Waals surface area contributed by atoms with Gasteiger partial charge < -0.3 is 19.5 Å². The number of nitrogens with zero attached hydrogens (tertiary/aromatic N) is 3. The molecule has 1 saturated carbocycles. The number of fused-ring (bicyclic) bond motifs is 1. The average Bonchev–Trinajstić information content (AvgIpc) is 2.89. The fourth-order valence-corrected chi connectivity index (χ4v) is 6.49. The summed E-state index contributed by atoms with van der Waals surface area (Å²) < 4.78 is 34.4. The molecule has 1 aliphatic heterocycles. The minimum absolute atomic E-state index is 0.0153. The standard InChI is InChI=1S/C25H36N4O5S/c1-27(19-7-4-3-5-8-19)12-6-11-26-25(31)22-18-28(2)23-10-9-20(17-21(23)24(22)30)35(32,33)29-13-15-34-16-14-29/h9-10,17-19H,3-8,11-16H2,1-2H3,(H,26,31). The number of ether oxygens (including phenoxy) is 1. The van der Waals surface area contributed by atoms with E-state index in [-0.39, 0.29) is 28.9 Å². The van der Waals surface area contributed by atoms with E-state index >= 15 is 0 Å². The van der Waals surface area contributed by atoms with Crippen LogP contribution in [0.4, 0.5) is 0 Å². The van der Waals surface area contributed by atoms with Crippen LogP contribution in [0.3, 0.4) is 0 Å². The second kappa shape index (κ2) is 11.2. The van der Waals surface area contributed by atoms with Crippen molar-refractivity contribution >= 4 is 26.8 Å². The van der Waals surface area contributed by atoms with Crippen molar-refractivity contribution in [1.82, 2.24) is 19.1 Å². The van der Waals surface area contributed by atoms with E-state index in [0.29, 0.717) is 31.3 Å².